The number of anilines is 3. The van der Waals surface area contributed by atoms with Gasteiger partial charge in [-0.05, 0) is 66.8 Å². The first kappa shape index (κ1) is 17.3. The minimum absolute atomic E-state index is 0.562. The van der Waals surface area contributed by atoms with Crippen LogP contribution >= 0.6 is 0 Å². The number of piperidine rings is 1. The summed E-state index contributed by atoms with van der Waals surface area (Å²) in [4.78, 5) is 2.31. The summed E-state index contributed by atoms with van der Waals surface area (Å²) in [5.41, 5.74) is 6.42. The van der Waals surface area contributed by atoms with Crippen molar-refractivity contribution in [2.45, 2.75) is 37.8 Å². The maximum absolute atomic E-state index is 3.74. The first-order valence-electron chi connectivity index (χ1n) is 10.3. The summed E-state index contributed by atoms with van der Waals surface area (Å²) in [6.45, 7) is 0. The van der Waals surface area contributed by atoms with Crippen molar-refractivity contribution in [3.8, 4) is 0 Å². The van der Waals surface area contributed by atoms with E-state index in [1.807, 2.05) is 0 Å². The average Bonchev–Trinajstić information content (AvgIpc) is 2.76. The molecule has 2 nitrogen and oxygen atoms in total. The first-order valence-corrected chi connectivity index (χ1v) is 10.3. The van der Waals surface area contributed by atoms with Crippen molar-refractivity contribution >= 4 is 22.6 Å². The predicted octanol–water partition coefficient (Wildman–Crippen LogP) is 6.45. The van der Waals surface area contributed by atoms with Crippen molar-refractivity contribution in [1.82, 2.24) is 5.32 Å². The summed E-state index contributed by atoms with van der Waals surface area (Å²) in [6.07, 6.45) is 7.54. The third-order valence-electron chi connectivity index (χ3n) is 5.91. The van der Waals surface area contributed by atoms with Gasteiger partial charge >= 0.3 is 0 Å². The van der Waals surface area contributed by atoms with Gasteiger partial charge in [-0.2, -0.15) is 0 Å². The van der Waals surface area contributed by atoms with E-state index < -0.39 is 0 Å². The number of nitrogens with zero attached hydrogens (tertiary/aromatic N) is 1. The zero-order valence-electron chi connectivity index (χ0n) is 16.1. The van der Waals surface area contributed by atoms with Crippen molar-refractivity contribution in [3.63, 3.8) is 0 Å². The van der Waals surface area contributed by atoms with E-state index >= 15 is 0 Å². The molecule has 0 radical (unpaired) electrons. The van der Waals surface area contributed by atoms with Crippen LogP contribution in [-0.4, -0.2) is 12.1 Å². The summed E-state index contributed by atoms with van der Waals surface area (Å²) < 4.78 is 0. The molecule has 5 rings (SSSR count). The van der Waals surface area contributed by atoms with E-state index in [2.05, 4.69) is 101 Å². The Balaban J connectivity index is 1.48. The number of para-hydroxylation sites is 2. The zero-order valence-corrected chi connectivity index (χ0v) is 16.1. The standard InChI is InChI=1S/C26H26N2/c1-3-10-24(11-4-1)28(25-12-5-2-6-13-25)26-16-14-20(15-17-26)21-18-22-8-7-9-23(19-21)27-22/h1-6,10-18,22-23,27H,7-9,19H2. The van der Waals surface area contributed by atoms with Gasteiger partial charge < -0.3 is 10.2 Å². The van der Waals surface area contributed by atoms with Gasteiger partial charge in [-0.1, -0.05) is 61.0 Å². The monoisotopic (exact) mass is 366 g/mol. The van der Waals surface area contributed by atoms with Gasteiger partial charge in [0.1, 0.15) is 0 Å². The van der Waals surface area contributed by atoms with Gasteiger partial charge in [0.2, 0.25) is 0 Å². The van der Waals surface area contributed by atoms with Gasteiger partial charge in [-0.25, -0.2) is 0 Å². The molecule has 0 aromatic heterocycles. The lowest BCUT2D eigenvalue weighted by Crippen LogP contribution is -2.44. The quantitative estimate of drug-likeness (QED) is 0.570. The lowest BCUT2D eigenvalue weighted by molar-refractivity contribution is 0.348. The molecule has 0 aliphatic carbocycles. The Labute approximate surface area is 167 Å². The highest BCUT2D eigenvalue weighted by atomic mass is 15.1. The van der Waals surface area contributed by atoms with Gasteiger partial charge in [0.15, 0.2) is 0 Å². The van der Waals surface area contributed by atoms with Crippen molar-refractivity contribution in [2.75, 3.05) is 4.90 Å². The smallest absolute Gasteiger partial charge is 0.0462 e. The Hall–Kier alpha value is -2.84. The highest BCUT2D eigenvalue weighted by Crippen LogP contribution is 2.36. The number of hydrogen-bond acceptors (Lipinski definition) is 2. The number of nitrogens with one attached hydrogen (secondary N) is 1. The van der Waals surface area contributed by atoms with E-state index in [4.69, 9.17) is 0 Å². The molecular weight excluding hydrogens is 340 g/mol. The molecule has 140 valence electrons. The number of benzene rings is 3. The predicted molar refractivity (Wildman–Crippen MR) is 118 cm³/mol. The van der Waals surface area contributed by atoms with E-state index in [1.54, 1.807) is 0 Å². The number of fused-ring (bicyclic) bond motifs is 2. The minimum atomic E-state index is 0.562. The molecule has 3 aromatic rings. The molecule has 2 aliphatic rings. The van der Waals surface area contributed by atoms with Crippen molar-refractivity contribution in [3.05, 3.63) is 96.6 Å². The van der Waals surface area contributed by atoms with Gasteiger partial charge in [0.25, 0.3) is 0 Å². The van der Waals surface area contributed by atoms with Crippen LogP contribution in [0.15, 0.2) is 91.0 Å². The Morgan fingerprint density at radius 3 is 1.89 bits per heavy atom. The number of rotatable bonds is 4. The molecule has 3 aromatic carbocycles. The minimum Gasteiger partial charge on any atom is -0.311 e. The molecule has 2 bridgehead atoms. The Morgan fingerprint density at radius 1 is 0.679 bits per heavy atom. The molecule has 2 atom stereocenters. The van der Waals surface area contributed by atoms with E-state index in [0.29, 0.717) is 12.1 Å². The molecule has 1 N–H and O–H groups in total. The van der Waals surface area contributed by atoms with E-state index in [-0.39, 0.29) is 0 Å². The fraction of sp³-hybridized carbons (Fsp3) is 0.231. The van der Waals surface area contributed by atoms with Gasteiger partial charge in [-0.3, -0.25) is 0 Å². The van der Waals surface area contributed by atoms with Crippen molar-refractivity contribution in [2.24, 2.45) is 0 Å². The molecule has 2 aliphatic heterocycles. The molecule has 1 saturated heterocycles. The third kappa shape index (κ3) is 3.48. The maximum Gasteiger partial charge on any atom is 0.0462 e. The van der Waals surface area contributed by atoms with Gasteiger partial charge in [0, 0.05) is 29.1 Å². The van der Waals surface area contributed by atoms with Crippen LogP contribution in [0.1, 0.15) is 31.2 Å². The third-order valence-corrected chi connectivity index (χ3v) is 5.91. The normalized spacial score (nSPS) is 21.1. The fourth-order valence-electron chi connectivity index (χ4n) is 4.56. The molecule has 0 amide bonds. The number of hydrogen-bond donors (Lipinski definition) is 1. The van der Waals surface area contributed by atoms with Crippen LogP contribution < -0.4 is 10.2 Å². The second-order valence-corrected chi connectivity index (χ2v) is 7.85. The second kappa shape index (κ2) is 7.65. The van der Waals surface area contributed by atoms with Crippen LogP contribution in [-0.2, 0) is 0 Å². The van der Waals surface area contributed by atoms with Crippen LogP contribution in [0.2, 0.25) is 0 Å². The molecule has 2 heterocycles. The molecule has 28 heavy (non-hydrogen) atoms. The second-order valence-electron chi connectivity index (χ2n) is 7.85. The Morgan fingerprint density at radius 2 is 1.29 bits per heavy atom. The van der Waals surface area contributed by atoms with Crippen LogP contribution in [0.3, 0.4) is 0 Å². The van der Waals surface area contributed by atoms with E-state index in [9.17, 15) is 0 Å². The van der Waals surface area contributed by atoms with Crippen LogP contribution in [0.5, 0.6) is 0 Å². The maximum atomic E-state index is 3.74. The summed E-state index contributed by atoms with van der Waals surface area (Å²) in [5.74, 6) is 0. The van der Waals surface area contributed by atoms with Crippen LogP contribution in [0.4, 0.5) is 17.1 Å². The molecule has 0 saturated carbocycles. The largest absolute Gasteiger partial charge is 0.311 e. The fourth-order valence-corrected chi connectivity index (χ4v) is 4.56. The van der Waals surface area contributed by atoms with Crippen LogP contribution in [0, 0.1) is 0 Å². The Kier molecular flexibility index (Phi) is 4.72. The lowest BCUT2D eigenvalue weighted by Gasteiger charge is -2.35. The summed E-state index contributed by atoms with van der Waals surface area (Å²) in [7, 11) is 0. The first-order chi connectivity index (χ1) is 13.9. The average molecular weight is 367 g/mol. The molecule has 0 spiro atoms. The topological polar surface area (TPSA) is 15.3 Å². The zero-order chi connectivity index (χ0) is 18.8. The summed E-state index contributed by atoms with van der Waals surface area (Å²) in [5, 5.41) is 3.74. The van der Waals surface area contributed by atoms with Gasteiger partial charge in [0.05, 0.1) is 0 Å². The van der Waals surface area contributed by atoms with Crippen LogP contribution in [0.25, 0.3) is 5.57 Å². The molecular formula is C26H26N2. The van der Waals surface area contributed by atoms with Crippen molar-refractivity contribution < 1.29 is 0 Å². The SMILES string of the molecule is C1=C(c2ccc(N(c3ccccc3)c3ccccc3)cc2)CC2CCCC1N2. The summed E-state index contributed by atoms with van der Waals surface area (Å²) in [6, 6.07) is 31.5. The van der Waals surface area contributed by atoms with Crippen molar-refractivity contribution in [1.29, 1.82) is 0 Å². The van der Waals surface area contributed by atoms with Gasteiger partial charge in [-0.15, -0.1) is 0 Å². The van der Waals surface area contributed by atoms with E-state index in [0.717, 1.165) is 6.42 Å². The Bertz CT molecular complexity index is 905. The van der Waals surface area contributed by atoms with E-state index in [1.165, 1.54) is 47.5 Å². The summed E-state index contributed by atoms with van der Waals surface area (Å²) >= 11 is 0. The molecule has 2 heteroatoms. The highest BCUT2D eigenvalue weighted by molar-refractivity contribution is 5.78. The lowest BCUT2D eigenvalue weighted by atomic mass is 9.85. The molecule has 2 unspecified atom stereocenters. The highest BCUT2D eigenvalue weighted by Gasteiger charge is 2.25. The molecule has 1 fully saturated rings.